The lowest BCUT2D eigenvalue weighted by atomic mass is 9.90. The third-order valence-electron chi connectivity index (χ3n) is 5.03. The highest BCUT2D eigenvalue weighted by atomic mass is 32.2. The van der Waals surface area contributed by atoms with Gasteiger partial charge in [0, 0.05) is 18.7 Å². The second-order valence-corrected chi connectivity index (χ2v) is 9.21. The predicted octanol–water partition coefficient (Wildman–Crippen LogP) is 2.47. The van der Waals surface area contributed by atoms with Gasteiger partial charge in [0.25, 0.3) is 5.91 Å². The van der Waals surface area contributed by atoms with Crippen LogP contribution in [0, 0.1) is 5.41 Å². The molecule has 6 heteroatoms. The van der Waals surface area contributed by atoms with E-state index in [1.165, 1.54) is 0 Å². The van der Waals surface area contributed by atoms with E-state index in [0.717, 1.165) is 6.42 Å². The van der Waals surface area contributed by atoms with Gasteiger partial charge >= 0.3 is 0 Å². The van der Waals surface area contributed by atoms with Crippen molar-refractivity contribution in [2.75, 3.05) is 19.6 Å². The van der Waals surface area contributed by atoms with Crippen molar-refractivity contribution in [3.8, 4) is 0 Å². The van der Waals surface area contributed by atoms with Crippen LogP contribution in [0.3, 0.4) is 0 Å². The Morgan fingerprint density at radius 1 is 1.12 bits per heavy atom. The Kier molecular flexibility index (Phi) is 5.16. The molecule has 1 saturated heterocycles. The second kappa shape index (κ2) is 7.21. The first-order chi connectivity index (χ1) is 12.3. The molecule has 0 aromatic heterocycles. The molecule has 26 heavy (non-hydrogen) atoms. The van der Waals surface area contributed by atoms with Crippen molar-refractivity contribution in [1.29, 1.82) is 0 Å². The molecule has 0 bridgehead atoms. The van der Waals surface area contributed by atoms with E-state index in [1.807, 2.05) is 0 Å². The lowest BCUT2D eigenvalue weighted by Crippen LogP contribution is -2.35. The van der Waals surface area contributed by atoms with Crippen LogP contribution in [0.5, 0.6) is 0 Å². The van der Waals surface area contributed by atoms with Gasteiger partial charge in [-0.1, -0.05) is 43.3 Å². The summed E-state index contributed by atoms with van der Waals surface area (Å²) in [7, 11) is -3.51. The van der Waals surface area contributed by atoms with Gasteiger partial charge in [0.1, 0.15) is 0 Å². The summed E-state index contributed by atoms with van der Waals surface area (Å²) in [5.41, 5.74) is 6.74. The number of amides is 1. The summed E-state index contributed by atoms with van der Waals surface area (Å²) in [4.78, 5) is 15.0. The molecule has 2 N–H and O–H groups in total. The van der Waals surface area contributed by atoms with Crippen LogP contribution in [0.15, 0.2) is 59.5 Å². The average Bonchev–Trinajstić information content (AvgIpc) is 3.05. The Morgan fingerprint density at radius 2 is 1.77 bits per heavy atom. The van der Waals surface area contributed by atoms with E-state index in [2.05, 4.69) is 6.92 Å². The van der Waals surface area contributed by atoms with Crippen molar-refractivity contribution in [2.24, 2.45) is 11.1 Å². The summed E-state index contributed by atoms with van der Waals surface area (Å²) >= 11 is 0. The number of hydrogen-bond donors (Lipinski definition) is 1. The third-order valence-corrected chi connectivity index (χ3v) is 6.71. The zero-order chi connectivity index (χ0) is 18.8. The third kappa shape index (κ3) is 3.81. The van der Waals surface area contributed by atoms with E-state index < -0.39 is 9.84 Å². The first kappa shape index (κ1) is 18.6. The highest BCUT2D eigenvalue weighted by Crippen LogP contribution is 2.30. The first-order valence-electron chi connectivity index (χ1n) is 8.70. The van der Waals surface area contributed by atoms with Crippen LogP contribution >= 0.6 is 0 Å². The van der Waals surface area contributed by atoms with E-state index in [0.29, 0.717) is 30.8 Å². The van der Waals surface area contributed by atoms with Crippen molar-refractivity contribution < 1.29 is 13.2 Å². The van der Waals surface area contributed by atoms with Gasteiger partial charge in [-0.25, -0.2) is 8.42 Å². The molecular formula is C20H24N2O3S. The van der Waals surface area contributed by atoms with Crippen LogP contribution < -0.4 is 5.73 Å². The van der Waals surface area contributed by atoms with Gasteiger partial charge in [0.05, 0.1) is 10.6 Å². The van der Waals surface area contributed by atoms with E-state index in [4.69, 9.17) is 5.73 Å². The molecule has 5 nitrogen and oxygen atoms in total. The molecule has 1 unspecified atom stereocenters. The van der Waals surface area contributed by atoms with Crippen molar-refractivity contribution in [2.45, 2.75) is 24.0 Å². The van der Waals surface area contributed by atoms with Crippen LogP contribution in [0.25, 0.3) is 0 Å². The van der Waals surface area contributed by atoms with Gasteiger partial charge in [-0.3, -0.25) is 4.79 Å². The van der Waals surface area contributed by atoms with E-state index in [9.17, 15) is 13.2 Å². The monoisotopic (exact) mass is 372 g/mol. The highest BCUT2D eigenvalue weighted by Gasteiger charge is 2.35. The summed E-state index contributed by atoms with van der Waals surface area (Å²) in [5, 5.41) is 0. The molecule has 0 aliphatic carbocycles. The molecular weight excluding hydrogens is 348 g/mol. The fourth-order valence-corrected chi connectivity index (χ4v) is 4.70. The van der Waals surface area contributed by atoms with E-state index in [1.54, 1.807) is 59.5 Å². The van der Waals surface area contributed by atoms with Crippen LogP contribution in [-0.4, -0.2) is 38.9 Å². The van der Waals surface area contributed by atoms with Crippen molar-refractivity contribution in [3.05, 3.63) is 65.7 Å². The van der Waals surface area contributed by atoms with Gasteiger partial charge in [0.15, 0.2) is 9.84 Å². The van der Waals surface area contributed by atoms with Gasteiger partial charge in [0.2, 0.25) is 0 Å². The molecule has 1 aliphatic rings. The van der Waals surface area contributed by atoms with Crippen molar-refractivity contribution in [3.63, 3.8) is 0 Å². The highest BCUT2D eigenvalue weighted by molar-refractivity contribution is 7.90. The molecule has 1 atom stereocenters. The Morgan fingerprint density at radius 3 is 2.42 bits per heavy atom. The van der Waals surface area contributed by atoms with E-state index >= 15 is 0 Å². The SMILES string of the molecule is CC1(CN)CCN(C(=O)c2ccccc2CS(=O)(=O)c2ccccc2)C1. The van der Waals surface area contributed by atoms with Crippen molar-refractivity contribution >= 4 is 15.7 Å². The average molecular weight is 372 g/mol. The second-order valence-electron chi connectivity index (χ2n) is 7.22. The number of nitrogens with two attached hydrogens (primary N) is 1. The number of carbonyl (C=O) groups is 1. The maximum atomic E-state index is 13.0. The summed E-state index contributed by atoms with van der Waals surface area (Å²) in [6.07, 6.45) is 0.861. The number of benzene rings is 2. The molecule has 2 aromatic rings. The van der Waals surface area contributed by atoms with Crippen LogP contribution in [0.2, 0.25) is 0 Å². The molecule has 1 heterocycles. The topological polar surface area (TPSA) is 80.5 Å². The van der Waals surface area contributed by atoms with E-state index in [-0.39, 0.29) is 22.0 Å². The Labute approximate surface area is 154 Å². The summed E-state index contributed by atoms with van der Waals surface area (Å²) in [6.45, 7) is 3.85. The zero-order valence-corrected chi connectivity index (χ0v) is 15.7. The Balaban J connectivity index is 1.86. The number of rotatable bonds is 5. The standard InChI is InChI=1S/C20H24N2O3S/c1-20(14-21)11-12-22(15-20)19(23)18-10-6-5-7-16(18)13-26(24,25)17-8-3-2-4-9-17/h2-10H,11-15,21H2,1H3. The normalized spacial score (nSPS) is 20.3. The predicted molar refractivity (Wildman–Crippen MR) is 101 cm³/mol. The van der Waals surface area contributed by atoms with Gasteiger partial charge < -0.3 is 10.6 Å². The largest absolute Gasteiger partial charge is 0.338 e. The number of likely N-dealkylation sites (tertiary alicyclic amines) is 1. The van der Waals surface area contributed by atoms with Crippen LogP contribution in [0.4, 0.5) is 0 Å². The zero-order valence-electron chi connectivity index (χ0n) is 14.9. The summed E-state index contributed by atoms with van der Waals surface area (Å²) in [6, 6.07) is 15.3. The molecule has 0 saturated carbocycles. The molecule has 2 aromatic carbocycles. The number of carbonyl (C=O) groups excluding carboxylic acids is 1. The minimum Gasteiger partial charge on any atom is -0.338 e. The Bertz CT molecular complexity index is 896. The minimum atomic E-state index is -3.51. The molecule has 1 aliphatic heterocycles. The van der Waals surface area contributed by atoms with Crippen molar-refractivity contribution in [1.82, 2.24) is 4.90 Å². The van der Waals surface area contributed by atoms with Gasteiger partial charge in [-0.15, -0.1) is 0 Å². The lowest BCUT2D eigenvalue weighted by Gasteiger charge is -2.23. The maximum absolute atomic E-state index is 13.0. The molecule has 138 valence electrons. The number of hydrogen-bond acceptors (Lipinski definition) is 4. The fourth-order valence-electron chi connectivity index (χ4n) is 3.30. The van der Waals surface area contributed by atoms with Gasteiger partial charge in [-0.2, -0.15) is 0 Å². The molecule has 3 rings (SSSR count). The maximum Gasteiger partial charge on any atom is 0.254 e. The lowest BCUT2D eigenvalue weighted by molar-refractivity contribution is 0.0776. The summed E-state index contributed by atoms with van der Waals surface area (Å²) in [5.74, 6) is -0.318. The molecule has 0 spiro atoms. The smallest absolute Gasteiger partial charge is 0.254 e. The van der Waals surface area contributed by atoms with Crippen LogP contribution in [0.1, 0.15) is 29.3 Å². The quantitative estimate of drug-likeness (QED) is 0.874. The fraction of sp³-hybridized carbons (Fsp3) is 0.350. The molecule has 1 fully saturated rings. The minimum absolute atomic E-state index is 0.0687. The Hall–Kier alpha value is -2.18. The van der Waals surface area contributed by atoms with Crippen LogP contribution in [-0.2, 0) is 15.6 Å². The molecule has 1 amide bonds. The molecule has 0 radical (unpaired) electrons. The summed E-state index contributed by atoms with van der Waals surface area (Å²) < 4.78 is 25.4. The number of nitrogens with zero attached hydrogens (tertiary/aromatic N) is 1. The first-order valence-corrected chi connectivity index (χ1v) is 10.3. The van der Waals surface area contributed by atoms with Gasteiger partial charge in [-0.05, 0) is 42.1 Å². The number of sulfone groups is 1.